The number of hydrogen-bond donors (Lipinski definition) is 0. The van der Waals surface area contributed by atoms with E-state index in [-0.39, 0.29) is 10.7 Å². The Balaban J connectivity index is 2.12. The number of fused-ring (bicyclic) bond motifs is 1. The molecule has 0 N–H and O–H groups in total. The van der Waals surface area contributed by atoms with Gasteiger partial charge < -0.3 is 0 Å². The van der Waals surface area contributed by atoms with Crippen LogP contribution in [0.2, 0.25) is 0 Å². The van der Waals surface area contributed by atoms with Crippen LogP contribution < -0.4 is 0 Å². The Hall–Kier alpha value is -1.26. The van der Waals surface area contributed by atoms with Crippen molar-refractivity contribution in [2.24, 2.45) is 9.36 Å². The average molecular weight is 250 g/mol. The summed E-state index contributed by atoms with van der Waals surface area (Å²) < 4.78 is 4.27. The lowest BCUT2D eigenvalue weighted by Crippen LogP contribution is -1.93. The van der Waals surface area contributed by atoms with Crippen LogP contribution in [0.5, 0.6) is 0 Å². The zero-order chi connectivity index (χ0) is 11.0. The average Bonchev–Trinajstić information content (AvgIpc) is 2.75. The Morgan fingerprint density at radius 2 is 2.00 bits per heavy atom. The van der Waals surface area contributed by atoms with Crippen molar-refractivity contribution >= 4 is 38.7 Å². The summed E-state index contributed by atoms with van der Waals surface area (Å²) >= 11 is 5.79. The predicted molar refractivity (Wildman–Crippen MR) is 67.9 cm³/mol. The Morgan fingerprint density at radius 3 is 2.81 bits per heavy atom. The topological polar surface area (TPSA) is 37.6 Å². The van der Waals surface area contributed by atoms with Crippen molar-refractivity contribution in [3.8, 4) is 0 Å². The second-order valence-electron chi connectivity index (χ2n) is 3.33. The van der Waals surface area contributed by atoms with Gasteiger partial charge in [-0.3, -0.25) is 0 Å². The highest BCUT2D eigenvalue weighted by Crippen LogP contribution is 2.18. The van der Waals surface area contributed by atoms with Crippen molar-refractivity contribution in [3.05, 3.63) is 36.4 Å². The molecule has 2 heterocycles. The number of benzene rings is 1. The van der Waals surface area contributed by atoms with E-state index >= 15 is 0 Å². The molecule has 2 atom stereocenters. The van der Waals surface area contributed by atoms with Crippen LogP contribution in [0.1, 0.15) is 0 Å². The fourth-order valence-electron chi connectivity index (χ4n) is 1.53. The molecule has 0 saturated carbocycles. The van der Waals surface area contributed by atoms with Crippen LogP contribution in [0.15, 0.2) is 50.8 Å². The highest BCUT2D eigenvalue weighted by Gasteiger charge is 2.10. The van der Waals surface area contributed by atoms with Gasteiger partial charge in [0.2, 0.25) is 5.62 Å². The Kier molecular flexibility index (Phi) is 2.46. The van der Waals surface area contributed by atoms with Gasteiger partial charge >= 0.3 is 0 Å². The van der Waals surface area contributed by atoms with E-state index in [1.165, 1.54) is 0 Å². The second-order valence-corrected chi connectivity index (χ2v) is 5.19. The van der Waals surface area contributed by atoms with Gasteiger partial charge in [-0.15, -0.1) is 0 Å². The van der Waals surface area contributed by atoms with Crippen LogP contribution in [-0.2, 0) is 10.7 Å². The van der Waals surface area contributed by atoms with Gasteiger partial charge in [-0.2, -0.15) is 0 Å². The van der Waals surface area contributed by atoms with Crippen molar-refractivity contribution < 1.29 is 0 Å². The first-order valence-electron chi connectivity index (χ1n) is 4.80. The lowest BCUT2D eigenvalue weighted by atomic mass is 10.2. The lowest BCUT2D eigenvalue weighted by Gasteiger charge is -2.01. The molecular weight excluding hydrogens is 242 g/mol. The van der Waals surface area contributed by atoms with Gasteiger partial charge in [0, 0.05) is 5.39 Å². The van der Waals surface area contributed by atoms with Gasteiger partial charge in [0.05, 0.1) is 11.1 Å². The van der Waals surface area contributed by atoms with E-state index in [0.717, 1.165) is 15.9 Å². The highest BCUT2D eigenvalue weighted by molar-refractivity contribution is 8.00. The van der Waals surface area contributed by atoms with Gasteiger partial charge in [-0.25, -0.2) is 14.3 Å². The first kappa shape index (κ1) is 9.93. The van der Waals surface area contributed by atoms with Gasteiger partial charge in [-0.05, 0) is 22.8 Å². The van der Waals surface area contributed by atoms with Crippen LogP contribution in [0, 0.1) is 0 Å². The maximum Gasteiger partial charge on any atom is 0.222 e. The molecule has 5 heteroatoms. The van der Waals surface area contributed by atoms with Crippen LogP contribution in [-0.4, -0.2) is 16.2 Å². The Labute approximate surface area is 100 Å². The first-order chi connectivity index (χ1) is 7.83. The number of rotatable bonds is 1. The number of pyridine rings is 1. The molecule has 0 spiro atoms. The van der Waals surface area contributed by atoms with E-state index in [1.807, 2.05) is 30.3 Å². The maximum atomic E-state index is 5.79. The Morgan fingerprint density at radius 1 is 1.12 bits per heavy atom. The number of para-hydroxylation sites is 1. The zero-order valence-corrected chi connectivity index (χ0v) is 9.82. The fraction of sp³-hybridized carbons (Fsp3) is 0.0909. The van der Waals surface area contributed by atoms with Crippen molar-refractivity contribution in [3.63, 3.8) is 0 Å². The molecule has 0 bridgehead atoms. The summed E-state index contributed by atoms with van der Waals surface area (Å²) in [7, 11) is -0.387. The zero-order valence-electron chi connectivity index (χ0n) is 8.25. The largest absolute Gasteiger partial charge is 0.242 e. The highest BCUT2D eigenvalue weighted by atomic mass is 35.5. The molecule has 0 radical (unpaired) electrons. The quantitative estimate of drug-likeness (QED) is 0.566. The molecular formula is C11H8ClN3S. The molecule has 3 nitrogen and oxygen atoms in total. The molecule has 0 saturated heterocycles. The summed E-state index contributed by atoms with van der Waals surface area (Å²) in [6, 6.07) is 12.0. The van der Waals surface area contributed by atoms with Crippen molar-refractivity contribution in [2.45, 2.75) is 10.7 Å². The molecule has 1 aromatic carbocycles. The number of alkyl halides is 1. The molecule has 1 aliphatic rings. The first-order valence-corrected chi connectivity index (χ1v) is 6.48. The third-order valence-electron chi connectivity index (χ3n) is 2.27. The minimum Gasteiger partial charge on any atom is -0.242 e. The van der Waals surface area contributed by atoms with E-state index in [2.05, 4.69) is 20.4 Å². The van der Waals surface area contributed by atoms with Gasteiger partial charge in [-0.1, -0.05) is 35.9 Å². The third-order valence-corrected chi connectivity index (χ3v) is 4.00. The molecule has 1 aliphatic heterocycles. The number of nitrogens with zero attached hydrogens (tertiary/aromatic N) is 3. The van der Waals surface area contributed by atoms with E-state index < -0.39 is 5.62 Å². The standard InChI is InChI=1S/C11H8ClN3S/c12-11-13-7-16(15-11)10-6-5-8-3-1-2-4-9(8)14-10/h1-7,11H. The number of halogens is 1. The van der Waals surface area contributed by atoms with Gasteiger partial charge in [0.1, 0.15) is 5.03 Å². The molecule has 0 aliphatic carbocycles. The summed E-state index contributed by atoms with van der Waals surface area (Å²) in [6.07, 6.45) is 0. The van der Waals surface area contributed by atoms with Gasteiger partial charge in [0.15, 0.2) is 0 Å². The van der Waals surface area contributed by atoms with Crippen molar-refractivity contribution in [1.29, 1.82) is 0 Å². The monoisotopic (exact) mass is 249 g/mol. The summed E-state index contributed by atoms with van der Waals surface area (Å²) in [6.45, 7) is 0. The van der Waals surface area contributed by atoms with E-state index in [4.69, 9.17) is 11.6 Å². The van der Waals surface area contributed by atoms with Crippen molar-refractivity contribution in [1.82, 2.24) is 4.98 Å². The van der Waals surface area contributed by atoms with Crippen LogP contribution in [0.3, 0.4) is 0 Å². The number of hydrogen-bond acceptors (Lipinski definition) is 3. The van der Waals surface area contributed by atoms with Crippen LogP contribution >= 0.6 is 11.6 Å². The van der Waals surface area contributed by atoms with E-state index in [9.17, 15) is 0 Å². The smallest absolute Gasteiger partial charge is 0.222 e. The predicted octanol–water partition coefficient (Wildman–Crippen LogP) is 2.96. The molecule has 80 valence electrons. The molecule has 0 fully saturated rings. The number of aliphatic imine (C=N–C) groups is 1. The molecule has 2 unspecified atom stereocenters. The Bertz CT molecular complexity index is 609. The van der Waals surface area contributed by atoms with E-state index in [0.29, 0.717) is 0 Å². The fourth-order valence-corrected chi connectivity index (χ4v) is 3.05. The minimum atomic E-state index is -0.448. The maximum absolute atomic E-state index is 5.79. The molecule has 1 aromatic heterocycles. The van der Waals surface area contributed by atoms with Crippen LogP contribution in [0.25, 0.3) is 10.9 Å². The number of aromatic nitrogens is 1. The second kappa shape index (κ2) is 3.96. The summed E-state index contributed by atoms with van der Waals surface area (Å²) in [5.74, 6) is 0. The molecule has 3 rings (SSSR count). The third kappa shape index (κ3) is 1.74. The van der Waals surface area contributed by atoms with Crippen molar-refractivity contribution in [2.75, 3.05) is 0 Å². The van der Waals surface area contributed by atoms with Gasteiger partial charge in [0.25, 0.3) is 0 Å². The minimum absolute atomic E-state index is 0.387. The molecule has 0 amide bonds. The summed E-state index contributed by atoms with van der Waals surface area (Å²) in [4.78, 5) is 8.58. The normalized spacial score (nSPS) is 23.6. The molecule has 2 aromatic rings. The van der Waals surface area contributed by atoms with E-state index in [1.54, 1.807) is 5.55 Å². The summed E-state index contributed by atoms with van der Waals surface area (Å²) in [5, 5.41) is 2.05. The van der Waals surface area contributed by atoms with Crippen LogP contribution in [0.4, 0.5) is 0 Å². The SMILES string of the molecule is ClC1N=CS(c2ccc3ccccc3n2)=N1. The molecule has 16 heavy (non-hydrogen) atoms. The summed E-state index contributed by atoms with van der Waals surface area (Å²) in [5.41, 5.74) is 2.31. The lowest BCUT2D eigenvalue weighted by molar-refractivity contribution is 1.01.